The van der Waals surface area contributed by atoms with Crippen molar-refractivity contribution in [1.29, 1.82) is 0 Å². The van der Waals surface area contributed by atoms with E-state index in [0.29, 0.717) is 0 Å². The second-order valence-corrected chi connectivity index (χ2v) is 10.3. The van der Waals surface area contributed by atoms with Crippen LogP contribution in [0.15, 0.2) is 42.5 Å². The van der Waals surface area contributed by atoms with Gasteiger partial charge < -0.3 is 14.6 Å². The third kappa shape index (κ3) is 7.09. The second-order valence-electron chi connectivity index (χ2n) is 10.3. The molecule has 5 nitrogen and oxygen atoms in total. The van der Waals surface area contributed by atoms with Crippen LogP contribution in [0.2, 0.25) is 0 Å². The molecule has 0 aliphatic rings. The van der Waals surface area contributed by atoms with Gasteiger partial charge in [0, 0.05) is 24.9 Å². The van der Waals surface area contributed by atoms with Crippen molar-refractivity contribution >= 4 is 16.9 Å². The standard InChI is InChI=1S/C29H41N3O2/c1-22-14-13-15-23(2)27(22)34-21-12-11-20-32-25-17-9-8-16-24(25)31-26(32)18-7-6-10-19-30-28(33)29(3,4)5/h8-9,13-17H,6-7,10-12,18-21H2,1-5H3,(H,30,33). The van der Waals surface area contributed by atoms with Crippen molar-refractivity contribution in [3.05, 3.63) is 59.4 Å². The Labute approximate surface area is 204 Å². The molecule has 0 fully saturated rings. The van der Waals surface area contributed by atoms with E-state index in [1.807, 2.05) is 20.8 Å². The highest BCUT2D eigenvalue weighted by molar-refractivity contribution is 5.81. The fourth-order valence-electron chi connectivity index (χ4n) is 4.19. The van der Waals surface area contributed by atoms with Crippen LogP contribution in [0.4, 0.5) is 0 Å². The molecule has 3 aromatic rings. The van der Waals surface area contributed by atoms with Crippen molar-refractivity contribution in [3.8, 4) is 5.75 Å². The number of para-hydroxylation sites is 3. The summed E-state index contributed by atoms with van der Waals surface area (Å²) < 4.78 is 8.47. The van der Waals surface area contributed by atoms with Crippen LogP contribution >= 0.6 is 0 Å². The fourth-order valence-corrected chi connectivity index (χ4v) is 4.19. The number of hydrogen-bond acceptors (Lipinski definition) is 3. The number of rotatable bonds is 12. The van der Waals surface area contributed by atoms with Gasteiger partial charge in [0.2, 0.25) is 5.91 Å². The normalized spacial score (nSPS) is 11.7. The maximum Gasteiger partial charge on any atom is 0.225 e. The third-order valence-electron chi connectivity index (χ3n) is 6.21. The first-order valence-corrected chi connectivity index (χ1v) is 12.7. The lowest BCUT2D eigenvalue weighted by molar-refractivity contribution is -0.128. The zero-order valence-corrected chi connectivity index (χ0v) is 21.6. The van der Waals surface area contributed by atoms with Gasteiger partial charge in [-0.3, -0.25) is 4.79 Å². The Balaban J connectivity index is 1.48. The molecule has 0 saturated carbocycles. The molecule has 0 saturated heterocycles. The smallest absolute Gasteiger partial charge is 0.225 e. The van der Waals surface area contributed by atoms with Gasteiger partial charge in [-0.25, -0.2) is 4.98 Å². The number of ether oxygens (including phenoxy) is 1. The number of carbonyl (C=O) groups is 1. The average molecular weight is 464 g/mol. The van der Waals surface area contributed by atoms with Crippen molar-refractivity contribution in [3.63, 3.8) is 0 Å². The Hall–Kier alpha value is -2.82. The maximum absolute atomic E-state index is 12.0. The maximum atomic E-state index is 12.0. The molecule has 1 amide bonds. The minimum atomic E-state index is -0.325. The lowest BCUT2D eigenvalue weighted by atomic mass is 9.96. The van der Waals surface area contributed by atoms with Crippen LogP contribution in [0.5, 0.6) is 5.75 Å². The molecule has 1 N–H and O–H groups in total. The quantitative estimate of drug-likeness (QED) is 0.317. The molecule has 3 rings (SSSR count). The number of carbonyl (C=O) groups excluding carboxylic acids is 1. The number of fused-ring (bicyclic) bond motifs is 1. The molecule has 0 spiro atoms. The van der Waals surface area contributed by atoms with Gasteiger partial charge in [0.1, 0.15) is 11.6 Å². The van der Waals surface area contributed by atoms with E-state index in [0.717, 1.165) is 75.3 Å². The summed E-state index contributed by atoms with van der Waals surface area (Å²) in [6.45, 7) is 12.5. The summed E-state index contributed by atoms with van der Waals surface area (Å²) in [4.78, 5) is 16.9. The van der Waals surface area contributed by atoms with Gasteiger partial charge in [-0.15, -0.1) is 0 Å². The van der Waals surface area contributed by atoms with Gasteiger partial charge >= 0.3 is 0 Å². The summed E-state index contributed by atoms with van der Waals surface area (Å²) in [7, 11) is 0. The Kier molecular flexibility index (Phi) is 9.14. The highest BCUT2D eigenvalue weighted by atomic mass is 16.5. The predicted octanol–water partition coefficient (Wildman–Crippen LogP) is 6.39. The zero-order valence-electron chi connectivity index (χ0n) is 21.6. The summed E-state index contributed by atoms with van der Waals surface area (Å²) in [6, 6.07) is 14.7. The van der Waals surface area contributed by atoms with Crippen LogP contribution in [0.3, 0.4) is 0 Å². The summed E-state index contributed by atoms with van der Waals surface area (Å²) >= 11 is 0. The number of nitrogens with zero attached hydrogens (tertiary/aromatic N) is 2. The van der Waals surface area contributed by atoms with Gasteiger partial charge in [0.25, 0.3) is 0 Å². The molecule has 1 aromatic heterocycles. The highest BCUT2D eigenvalue weighted by Gasteiger charge is 2.20. The number of hydrogen-bond donors (Lipinski definition) is 1. The molecule has 0 unspecified atom stereocenters. The van der Waals surface area contributed by atoms with Crippen LogP contribution in [-0.2, 0) is 17.8 Å². The third-order valence-corrected chi connectivity index (χ3v) is 6.21. The van der Waals surface area contributed by atoms with Gasteiger partial charge in [0.15, 0.2) is 0 Å². The lowest BCUT2D eigenvalue weighted by Gasteiger charge is -2.17. The van der Waals surface area contributed by atoms with E-state index < -0.39 is 0 Å². The first-order chi connectivity index (χ1) is 16.3. The number of aryl methyl sites for hydroxylation is 4. The first kappa shape index (κ1) is 25.8. The van der Waals surface area contributed by atoms with E-state index in [4.69, 9.17) is 9.72 Å². The molecule has 0 aliphatic heterocycles. The van der Waals surface area contributed by atoms with Crippen molar-refractivity contribution in [2.45, 2.75) is 79.7 Å². The number of nitrogens with one attached hydrogen (secondary N) is 1. The molecular weight excluding hydrogens is 422 g/mol. The summed E-state index contributed by atoms with van der Waals surface area (Å²) in [5, 5.41) is 3.04. The molecule has 184 valence electrons. The zero-order chi connectivity index (χ0) is 24.6. The van der Waals surface area contributed by atoms with Crippen LogP contribution in [0.1, 0.15) is 69.8 Å². The summed E-state index contributed by atoms with van der Waals surface area (Å²) in [5.41, 5.74) is 4.35. The minimum absolute atomic E-state index is 0.121. The van der Waals surface area contributed by atoms with Crippen LogP contribution in [0.25, 0.3) is 11.0 Å². The number of benzene rings is 2. The molecule has 0 atom stereocenters. The van der Waals surface area contributed by atoms with Crippen molar-refractivity contribution < 1.29 is 9.53 Å². The number of unbranched alkanes of at least 4 members (excludes halogenated alkanes) is 3. The number of aromatic nitrogens is 2. The van der Waals surface area contributed by atoms with E-state index >= 15 is 0 Å². The predicted molar refractivity (Wildman–Crippen MR) is 140 cm³/mol. The fraction of sp³-hybridized carbons (Fsp3) is 0.517. The summed E-state index contributed by atoms with van der Waals surface area (Å²) in [5.74, 6) is 2.31. The van der Waals surface area contributed by atoms with E-state index in [1.165, 1.54) is 16.6 Å². The van der Waals surface area contributed by atoms with Crippen LogP contribution < -0.4 is 10.1 Å². The molecule has 5 heteroatoms. The average Bonchev–Trinajstić information content (AvgIpc) is 3.14. The van der Waals surface area contributed by atoms with E-state index in [-0.39, 0.29) is 11.3 Å². The molecule has 0 aliphatic carbocycles. The highest BCUT2D eigenvalue weighted by Crippen LogP contribution is 2.23. The Morgan fingerprint density at radius 3 is 2.41 bits per heavy atom. The van der Waals surface area contributed by atoms with Crippen LogP contribution in [0, 0.1) is 19.3 Å². The second kappa shape index (κ2) is 12.0. The Bertz CT molecular complexity index is 1060. The monoisotopic (exact) mass is 463 g/mol. The molecular formula is C29H41N3O2. The van der Waals surface area contributed by atoms with E-state index in [9.17, 15) is 4.79 Å². The summed E-state index contributed by atoms with van der Waals surface area (Å²) in [6.07, 6.45) is 6.17. The molecule has 1 heterocycles. The van der Waals surface area contributed by atoms with Crippen LogP contribution in [-0.4, -0.2) is 28.6 Å². The van der Waals surface area contributed by atoms with E-state index in [1.54, 1.807) is 0 Å². The SMILES string of the molecule is Cc1cccc(C)c1OCCCCn1c(CCCCCNC(=O)C(C)(C)C)nc2ccccc21. The molecule has 34 heavy (non-hydrogen) atoms. The van der Waals surface area contributed by atoms with Gasteiger partial charge in [-0.05, 0) is 62.8 Å². The van der Waals surface area contributed by atoms with Crippen molar-refractivity contribution in [1.82, 2.24) is 14.9 Å². The minimum Gasteiger partial charge on any atom is -0.493 e. The molecule has 0 bridgehead atoms. The number of amides is 1. The molecule has 2 aromatic carbocycles. The van der Waals surface area contributed by atoms with Crippen molar-refractivity contribution in [2.24, 2.45) is 5.41 Å². The largest absolute Gasteiger partial charge is 0.493 e. The number of imidazole rings is 1. The Morgan fingerprint density at radius 2 is 1.68 bits per heavy atom. The first-order valence-electron chi connectivity index (χ1n) is 12.7. The topological polar surface area (TPSA) is 56.1 Å². The van der Waals surface area contributed by atoms with Gasteiger partial charge in [0.05, 0.1) is 17.6 Å². The molecule has 0 radical (unpaired) electrons. The van der Waals surface area contributed by atoms with E-state index in [2.05, 4.69) is 66.2 Å². The lowest BCUT2D eigenvalue weighted by Crippen LogP contribution is -2.35. The van der Waals surface area contributed by atoms with Gasteiger partial charge in [-0.1, -0.05) is 57.5 Å². The van der Waals surface area contributed by atoms with Crippen molar-refractivity contribution in [2.75, 3.05) is 13.2 Å². The van der Waals surface area contributed by atoms with Gasteiger partial charge in [-0.2, -0.15) is 0 Å². The Morgan fingerprint density at radius 1 is 0.941 bits per heavy atom.